The molecule has 24 heavy (non-hydrogen) atoms. The van der Waals surface area contributed by atoms with Crippen molar-refractivity contribution in [1.29, 1.82) is 0 Å². The Hall–Kier alpha value is -1.69. The molecule has 2 aliphatic rings. The number of piperidine rings is 1. The number of amides is 1. The van der Waals surface area contributed by atoms with Gasteiger partial charge in [0.1, 0.15) is 11.9 Å². The summed E-state index contributed by atoms with van der Waals surface area (Å²) in [5.74, 6) is -1.23. The molecule has 6 heteroatoms. The highest BCUT2D eigenvalue weighted by Crippen LogP contribution is 2.29. The van der Waals surface area contributed by atoms with Crippen LogP contribution >= 0.6 is 0 Å². The molecule has 2 fully saturated rings. The third-order valence-electron chi connectivity index (χ3n) is 5.09. The molecule has 1 aliphatic heterocycles. The van der Waals surface area contributed by atoms with Crippen LogP contribution in [0.5, 0.6) is 5.75 Å². The van der Waals surface area contributed by atoms with Crippen molar-refractivity contribution in [3.63, 3.8) is 0 Å². The molecule has 1 saturated heterocycles. The highest BCUT2D eigenvalue weighted by Gasteiger charge is 2.39. The smallest absolute Gasteiger partial charge is 0.242 e. The van der Waals surface area contributed by atoms with Gasteiger partial charge in [-0.05, 0) is 25.0 Å². The molecule has 1 saturated carbocycles. The fourth-order valence-corrected chi connectivity index (χ4v) is 3.64. The van der Waals surface area contributed by atoms with Crippen LogP contribution in [0.2, 0.25) is 0 Å². The van der Waals surface area contributed by atoms with Crippen LogP contribution in [0.15, 0.2) is 18.2 Å². The quantitative estimate of drug-likeness (QED) is 0.922. The molecule has 1 aromatic rings. The van der Waals surface area contributed by atoms with Gasteiger partial charge in [0.2, 0.25) is 5.91 Å². The number of likely N-dealkylation sites (tertiary alicyclic amines) is 1. The van der Waals surface area contributed by atoms with E-state index >= 15 is 0 Å². The van der Waals surface area contributed by atoms with Gasteiger partial charge in [-0.1, -0.05) is 19.3 Å². The molecule has 132 valence electrons. The lowest BCUT2D eigenvalue weighted by Crippen LogP contribution is -2.58. The number of carbonyl (C=O) groups excluding carboxylic acids is 1. The number of benzene rings is 1. The van der Waals surface area contributed by atoms with Crippen LogP contribution in [0.4, 0.5) is 8.78 Å². The molecular formula is C18H24F2N2O2. The second-order valence-corrected chi connectivity index (χ2v) is 6.90. The first-order valence-electron chi connectivity index (χ1n) is 8.68. The summed E-state index contributed by atoms with van der Waals surface area (Å²) in [5.41, 5.74) is 5.60. The molecule has 0 spiro atoms. The van der Waals surface area contributed by atoms with Crippen LogP contribution in [-0.4, -0.2) is 35.5 Å². The Morgan fingerprint density at radius 3 is 2.46 bits per heavy atom. The van der Waals surface area contributed by atoms with Crippen molar-refractivity contribution in [2.24, 2.45) is 5.73 Å². The zero-order chi connectivity index (χ0) is 17.2. The first-order chi connectivity index (χ1) is 11.5. The molecule has 1 heterocycles. The van der Waals surface area contributed by atoms with E-state index in [4.69, 9.17) is 10.5 Å². The maximum absolute atomic E-state index is 13.7. The summed E-state index contributed by atoms with van der Waals surface area (Å²) in [6.07, 6.45) is 5.74. The number of halogens is 2. The minimum absolute atomic E-state index is 0.0358. The second kappa shape index (κ2) is 7.05. The Morgan fingerprint density at radius 2 is 1.83 bits per heavy atom. The molecule has 0 atom stereocenters. The highest BCUT2D eigenvalue weighted by molar-refractivity contribution is 5.86. The molecule has 0 unspecified atom stereocenters. The Kier molecular flexibility index (Phi) is 5.04. The fraction of sp³-hybridized carbons (Fsp3) is 0.611. The normalized spacial score (nSPS) is 21.5. The van der Waals surface area contributed by atoms with Crippen LogP contribution < -0.4 is 10.5 Å². The molecule has 0 radical (unpaired) electrons. The number of rotatable bonds is 3. The monoisotopic (exact) mass is 338 g/mol. The Bertz CT molecular complexity index is 595. The highest BCUT2D eigenvalue weighted by atomic mass is 19.1. The first kappa shape index (κ1) is 17.1. The largest absolute Gasteiger partial charge is 0.487 e. The van der Waals surface area contributed by atoms with Crippen LogP contribution in [0.25, 0.3) is 0 Å². The van der Waals surface area contributed by atoms with Crippen molar-refractivity contribution >= 4 is 5.91 Å². The summed E-state index contributed by atoms with van der Waals surface area (Å²) in [4.78, 5) is 14.5. The summed E-state index contributed by atoms with van der Waals surface area (Å²) in [6.45, 7) is 1.12. The first-order valence-corrected chi connectivity index (χ1v) is 8.68. The predicted octanol–water partition coefficient (Wildman–Crippen LogP) is 3.00. The van der Waals surface area contributed by atoms with E-state index < -0.39 is 17.2 Å². The zero-order valence-corrected chi connectivity index (χ0v) is 13.8. The SMILES string of the molecule is NC1(C(=O)N2CCC(Oc3ccc(F)cc3F)CC2)CCCCC1. The minimum atomic E-state index is -0.713. The third-order valence-corrected chi connectivity index (χ3v) is 5.09. The van der Waals surface area contributed by atoms with Gasteiger partial charge in [-0.2, -0.15) is 0 Å². The van der Waals surface area contributed by atoms with Crippen LogP contribution in [0.3, 0.4) is 0 Å². The van der Waals surface area contributed by atoms with Gasteiger partial charge in [0.15, 0.2) is 11.6 Å². The Labute approximate surface area is 141 Å². The molecule has 2 N–H and O–H groups in total. The average molecular weight is 338 g/mol. The standard InChI is InChI=1S/C18H24F2N2O2/c19-13-4-5-16(15(20)12-13)24-14-6-10-22(11-7-14)17(23)18(21)8-2-1-3-9-18/h4-5,12,14H,1-3,6-11,21H2. The number of carbonyl (C=O) groups is 1. The lowest BCUT2D eigenvalue weighted by atomic mass is 9.81. The molecule has 0 bridgehead atoms. The number of hydrogen-bond donors (Lipinski definition) is 1. The van der Waals surface area contributed by atoms with Crippen LogP contribution in [-0.2, 0) is 4.79 Å². The summed E-state index contributed by atoms with van der Waals surface area (Å²) >= 11 is 0. The van der Waals surface area contributed by atoms with Crippen molar-refractivity contribution in [1.82, 2.24) is 4.90 Å². The number of hydrogen-bond acceptors (Lipinski definition) is 3. The maximum Gasteiger partial charge on any atom is 0.242 e. The number of nitrogens with zero attached hydrogens (tertiary/aromatic N) is 1. The van der Waals surface area contributed by atoms with E-state index in [2.05, 4.69) is 0 Å². The molecule has 4 nitrogen and oxygen atoms in total. The van der Waals surface area contributed by atoms with E-state index in [-0.39, 0.29) is 17.8 Å². The zero-order valence-electron chi connectivity index (χ0n) is 13.8. The molecule has 0 aromatic heterocycles. The average Bonchev–Trinajstić information content (AvgIpc) is 2.58. The lowest BCUT2D eigenvalue weighted by molar-refractivity contribution is -0.140. The van der Waals surface area contributed by atoms with E-state index in [9.17, 15) is 13.6 Å². The van der Waals surface area contributed by atoms with Crippen molar-refractivity contribution in [2.45, 2.75) is 56.6 Å². The summed E-state index contributed by atoms with van der Waals surface area (Å²) in [6, 6.07) is 3.30. The molecule has 1 aromatic carbocycles. The number of ether oxygens (including phenoxy) is 1. The van der Waals surface area contributed by atoms with E-state index in [1.165, 1.54) is 12.1 Å². The molecule has 1 aliphatic carbocycles. The fourth-order valence-electron chi connectivity index (χ4n) is 3.64. The van der Waals surface area contributed by atoms with Crippen LogP contribution in [0, 0.1) is 11.6 Å². The lowest BCUT2D eigenvalue weighted by Gasteiger charge is -2.40. The van der Waals surface area contributed by atoms with Gasteiger partial charge in [0.05, 0.1) is 5.54 Å². The van der Waals surface area contributed by atoms with Gasteiger partial charge >= 0.3 is 0 Å². The van der Waals surface area contributed by atoms with Crippen molar-refractivity contribution in [2.75, 3.05) is 13.1 Å². The predicted molar refractivity (Wildman–Crippen MR) is 86.6 cm³/mol. The number of nitrogens with two attached hydrogens (primary N) is 1. The van der Waals surface area contributed by atoms with Gasteiger partial charge in [-0.3, -0.25) is 4.79 Å². The Balaban J connectivity index is 1.54. The van der Waals surface area contributed by atoms with E-state index in [0.29, 0.717) is 25.9 Å². The van der Waals surface area contributed by atoms with Crippen molar-refractivity contribution in [3.8, 4) is 5.75 Å². The topological polar surface area (TPSA) is 55.6 Å². The van der Waals surface area contributed by atoms with Gasteiger partial charge < -0.3 is 15.4 Å². The van der Waals surface area contributed by atoms with Crippen molar-refractivity contribution in [3.05, 3.63) is 29.8 Å². The molecule has 3 rings (SSSR count). The minimum Gasteiger partial charge on any atom is -0.487 e. The third kappa shape index (κ3) is 3.69. The van der Waals surface area contributed by atoms with E-state index in [1.807, 2.05) is 4.90 Å². The summed E-state index contributed by atoms with van der Waals surface area (Å²) in [7, 11) is 0. The molecular weight excluding hydrogens is 314 g/mol. The van der Waals surface area contributed by atoms with Gasteiger partial charge in [0.25, 0.3) is 0 Å². The second-order valence-electron chi connectivity index (χ2n) is 6.90. The van der Waals surface area contributed by atoms with Gasteiger partial charge in [0, 0.05) is 32.0 Å². The summed E-state index contributed by atoms with van der Waals surface area (Å²) in [5, 5.41) is 0. The maximum atomic E-state index is 13.7. The van der Waals surface area contributed by atoms with Crippen LogP contribution in [0.1, 0.15) is 44.9 Å². The van der Waals surface area contributed by atoms with E-state index in [1.54, 1.807) is 0 Å². The van der Waals surface area contributed by atoms with E-state index in [0.717, 1.165) is 38.2 Å². The van der Waals surface area contributed by atoms with Gasteiger partial charge in [-0.25, -0.2) is 8.78 Å². The van der Waals surface area contributed by atoms with Crippen molar-refractivity contribution < 1.29 is 18.3 Å². The van der Waals surface area contributed by atoms with Gasteiger partial charge in [-0.15, -0.1) is 0 Å². The Morgan fingerprint density at radius 1 is 1.17 bits per heavy atom. The molecule has 1 amide bonds. The summed E-state index contributed by atoms with van der Waals surface area (Å²) < 4.78 is 32.2.